The lowest BCUT2D eigenvalue weighted by molar-refractivity contribution is -0.275. The molecule has 1 heterocycles. The second-order valence-electron chi connectivity index (χ2n) is 10.8. The molecule has 0 saturated carbocycles. The van der Waals surface area contributed by atoms with Gasteiger partial charge in [0, 0.05) is 36.3 Å². The quantitative estimate of drug-likeness (QED) is 0.225. The summed E-state index contributed by atoms with van der Waals surface area (Å²) in [7, 11) is 0.355. The number of amides is 2. The summed E-state index contributed by atoms with van der Waals surface area (Å²) in [5.74, 6) is -2.79. The summed E-state index contributed by atoms with van der Waals surface area (Å²) in [6, 6.07) is 20.1. The summed E-state index contributed by atoms with van der Waals surface area (Å²) >= 11 is 6.46. The molecule has 0 spiro atoms. The SMILES string of the molecule is COc1ccc(S(=O)(=O)N2C(=O)C(N[C@H](C(=O)N(C)C)c3ccccc3)(c3ccccc3OC)c3cc(Cl)ccc32)c(OC(F)(F)F)c1. The number of anilines is 1. The average Bonchev–Trinajstić information content (AvgIpc) is 3.30. The van der Waals surface area contributed by atoms with Gasteiger partial charge >= 0.3 is 6.36 Å². The minimum absolute atomic E-state index is 0.00707. The van der Waals surface area contributed by atoms with Gasteiger partial charge in [0.1, 0.15) is 22.4 Å². The van der Waals surface area contributed by atoms with Crippen molar-refractivity contribution in [2.45, 2.75) is 22.8 Å². The summed E-state index contributed by atoms with van der Waals surface area (Å²) in [5.41, 5.74) is -1.91. The van der Waals surface area contributed by atoms with Crippen LogP contribution in [0.1, 0.15) is 22.7 Å². The van der Waals surface area contributed by atoms with Crippen molar-refractivity contribution in [2.75, 3.05) is 32.6 Å². The monoisotopic (exact) mass is 703 g/mol. The Hall–Kier alpha value is -4.79. The molecule has 48 heavy (non-hydrogen) atoms. The van der Waals surface area contributed by atoms with E-state index in [1.165, 1.54) is 63.5 Å². The number of para-hydroxylation sites is 1. The number of alkyl halides is 3. The maximum absolute atomic E-state index is 15.1. The van der Waals surface area contributed by atoms with Crippen LogP contribution < -0.4 is 23.8 Å². The smallest absolute Gasteiger partial charge is 0.497 e. The van der Waals surface area contributed by atoms with Crippen LogP contribution in [0.4, 0.5) is 18.9 Å². The van der Waals surface area contributed by atoms with E-state index in [4.69, 9.17) is 21.1 Å². The number of benzene rings is 4. The molecule has 1 unspecified atom stereocenters. The summed E-state index contributed by atoms with van der Waals surface area (Å²) in [5, 5.41) is 3.26. The molecular weight excluding hydrogens is 675 g/mol. The first-order chi connectivity index (χ1) is 22.7. The molecule has 4 aromatic carbocycles. The number of ether oxygens (including phenoxy) is 3. The van der Waals surface area contributed by atoms with E-state index in [9.17, 15) is 26.4 Å². The Morgan fingerprint density at radius 3 is 2.19 bits per heavy atom. The summed E-state index contributed by atoms with van der Waals surface area (Å²) in [6.07, 6.45) is -5.30. The Kier molecular flexibility index (Phi) is 9.37. The van der Waals surface area contributed by atoms with Gasteiger partial charge in [0.15, 0.2) is 11.3 Å². The number of carbonyl (C=O) groups excluding carboxylic acids is 2. The number of methoxy groups -OCH3 is 2. The van der Waals surface area contributed by atoms with Crippen molar-refractivity contribution in [3.8, 4) is 17.2 Å². The van der Waals surface area contributed by atoms with Crippen molar-refractivity contribution >= 4 is 39.1 Å². The first kappa shape index (κ1) is 34.5. The van der Waals surface area contributed by atoms with E-state index < -0.39 is 50.4 Å². The minimum atomic E-state index is -5.30. The van der Waals surface area contributed by atoms with E-state index in [-0.39, 0.29) is 33.3 Å². The van der Waals surface area contributed by atoms with Gasteiger partial charge < -0.3 is 19.1 Å². The highest BCUT2D eigenvalue weighted by atomic mass is 35.5. The molecule has 1 N–H and O–H groups in total. The zero-order chi connectivity index (χ0) is 35.0. The van der Waals surface area contributed by atoms with E-state index >= 15 is 4.79 Å². The van der Waals surface area contributed by atoms with Crippen LogP contribution in [0.3, 0.4) is 0 Å². The fourth-order valence-electron chi connectivity index (χ4n) is 5.57. The number of halogens is 4. The Morgan fingerprint density at radius 2 is 1.56 bits per heavy atom. The Balaban J connectivity index is 1.84. The second-order valence-corrected chi connectivity index (χ2v) is 13.0. The minimum Gasteiger partial charge on any atom is -0.497 e. The van der Waals surface area contributed by atoms with Crippen LogP contribution in [0.25, 0.3) is 0 Å². The van der Waals surface area contributed by atoms with E-state index in [1.54, 1.807) is 42.5 Å². The molecule has 252 valence electrons. The number of hydrogen-bond donors (Lipinski definition) is 1. The maximum atomic E-state index is 15.1. The average molecular weight is 704 g/mol. The predicted molar refractivity (Wildman–Crippen MR) is 171 cm³/mol. The van der Waals surface area contributed by atoms with Gasteiger partial charge in [-0.25, -0.2) is 12.7 Å². The molecule has 0 radical (unpaired) electrons. The molecule has 0 aromatic heterocycles. The van der Waals surface area contributed by atoms with E-state index in [1.807, 2.05) is 0 Å². The third-order valence-corrected chi connectivity index (χ3v) is 9.65. The van der Waals surface area contributed by atoms with Gasteiger partial charge in [-0.05, 0) is 42.0 Å². The van der Waals surface area contributed by atoms with Crippen LogP contribution >= 0.6 is 11.6 Å². The zero-order valence-electron chi connectivity index (χ0n) is 25.9. The number of likely N-dealkylation sites (N-methyl/N-ethyl adjacent to an activating group) is 1. The molecule has 2 amide bonds. The van der Waals surface area contributed by atoms with Gasteiger partial charge in [-0.1, -0.05) is 60.1 Å². The molecule has 10 nitrogen and oxygen atoms in total. The van der Waals surface area contributed by atoms with Gasteiger partial charge in [0.05, 0.1) is 19.9 Å². The molecule has 0 fully saturated rings. The highest BCUT2D eigenvalue weighted by Crippen LogP contribution is 2.51. The molecule has 1 aliphatic heterocycles. The number of fused-ring (bicyclic) bond motifs is 1. The number of rotatable bonds is 10. The van der Waals surface area contributed by atoms with E-state index in [2.05, 4.69) is 10.1 Å². The first-order valence-electron chi connectivity index (χ1n) is 14.2. The lowest BCUT2D eigenvalue weighted by atomic mass is 9.81. The fraction of sp³-hybridized carbons (Fsp3) is 0.212. The van der Waals surface area contributed by atoms with Crippen LogP contribution in [0, 0.1) is 0 Å². The van der Waals surface area contributed by atoms with Gasteiger partial charge in [0.2, 0.25) is 5.91 Å². The summed E-state index contributed by atoms with van der Waals surface area (Å²) < 4.78 is 84.8. The lowest BCUT2D eigenvalue weighted by Gasteiger charge is -2.36. The van der Waals surface area contributed by atoms with Gasteiger partial charge in [-0.3, -0.25) is 14.9 Å². The van der Waals surface area contributed by atoms with Crippen LogP contribution in [0.15, 0.2) is 95.9 Å². The largest absolute Gasteiger partial charge is 0.573 e. The fourth-order valence-corrected chi connectivity index (χ4v) is 7.31. The Labute approximate surface area is 279 Å². The highest BCUT2D eigenvalue weighted by molar-refractivity contribution is 7.93. The molecule has 4 aromatic rings. The number of nitrogens with zero attached hydrogens (tertiary/aromatic N) is 2. The number of nitrogens with one attached hydrogen (secondary N) is 1. The molecule has 2 atom stereocenters. The van der Waals surface area contributed by atoms with Crippen LogP contribution in [0.2, 0.25) is 5.02 Å². The van der Waals surface area contributed by atoms with Crippen LogP contribution in [0.5, 0.6) is 17.2 Å². The zero-order valence-corrected chi connectivity index (χ0v) is 27.5. The normalized spacial score (nSPS) is 16.7. The molecule has 0 saturated heterocycles. The van der Waals surface area contributed by atoms with Crippen molar-refractivity contribution < 1.29 is 45.4 Å². The van der Waals surface area contributed by atoms with E-state index in [0.717, 1.165) is 18.2 Å². The predicted octanol–water partition coefficient (Wildman–Crippen LogP) is 5.65. The summed E-state index contributed by atoms with van der Waals surface area (Å²) in [4.78, 5) is 29.3. The van der Waals surface area contributed by atoms with Gasteiger partial charge in [0.25, 0.3) is 15.9 Å². The summed E-state index contributed by atoms with van der Waals surface area (Å²) in [6.45, 7) is 0. The second kappa shape index (κ2) is 13.0. The number of carbonyl (C=O) groups is 2. The lowest BCUT2D eigenvalue weighted by Crippen LogP contribution is -2.56. The number of hydrogen-bond acceptors (Lipinski definition) is 8. The third kappa shape index (κ3) is 6.14. The Morgan fingerprint density at radius 1 is 0.896 bits per heavy atom. The van der Waals surface area contributed by atoms with Crippen molar-refractivity contribution in [3.63, 3.8) is 0 Å². The van der Waals surface area contributed by atoms with Gasteiger partial charge in [-0.15, -0.1) is 13.2 Å². The van der Waals surface area contributed by atoms with Crippen LogP contribution in [-0.4, -0.2) is 59.8 Å². The molecule has 1 aliphatic rings. The Bertz CT molecular complexity index is 1980. The van der Waals surface area contributed by atoms with Crippen molar-refractivity contribution in [1.29, 1.82) is 0 Å². The molecular formula is C33H29ClF3N3O7S. The van der Waals surface area contributed by atoms with Crippen molar-refractivity contribution in [3.05, 3.63) is 113 Å². The standard InChI is InChI=1S/C33H29ClF3N3O7S/c1-39(2)30(41)29(20-10-6-5-7-11-20)38-32(23-12-8-9-13-26(23)46-4)24-18-21(34)14-16-25(24)40(31(32)42)48(43,44)28-17-15-22(45-3)19-27(28)47-33(35,36)37/h5-19,29,38H,1-4H3/t29-,32?/m0/s1. The van der Waals surface area contributed by atoms with E-state index in [0.29, 0.717) is 9.87 Å². The van der Waals surface area contributed by atoms with Crippen molar-refractivity contribution in [2.24, 2.45) is 0 Å². The maximum Gasteiger partial charge on any atom is 0.573 e. The molecule has 5 rings (SSSR count). The van der Waals surface area contributed by atoms with Gasteiger partial charge in [-0.2, -0.15) is 0 Å². The molecule has 0 aliphatic carbocycles. The molecule has 0 bridgehead atoms. The third-order valence-electron chi connectivity index (χ3n) is 7.67. The number of sulfonamides is 1. The van der Waals surface area contributed by atoms with Crippen LogP contribution in [-0.2, 0) is 25.2 Å². The van der Waals surface area contributed by atoms with Crippen molar-refractivity contribution in [1.82, 2.24) is 10.2 Å². The molecule has 15 heteroatoms. The highest BCUT2D eigenvalue weighted by Gasteiger charge is 2.59. The first-order valence-corrected chi connectivity index (χ1v) is 16.0. The topological polar surface area (TPSA) is 114 Å².